The van der Waals surface area contributed by atoms with Crippen LogP contribution < -0.4 is 20.1 Å². The number of hydrogen-bond acceptors (Lipinski definition) is 6. The van der Waals surface area contributed by atoms with E-state index in [2.05, 4.69) is 10.6 Å². The van der Waals surface area contributed by atoms with Crippen LogP contribution in [0.25, 0.3) is 0 Å². The number of methoxy groups -OCH3 is 2. The number of amides is 2. The molecule has 0 fully saturated rings. The minimum Gasteiger partial charge on any atom is -0.497 e. The maximum atomic E-state index is 13.1. The van der Waals surface area contributed by atoms with E-state index in [9.17, 15) is 19.2 Å². The number of carbonyl (C=O) groups is 4. The molecule has 2 amide bonds. The lowest BCUT2D eigenvalue weighted by Gasteiger charge is -2.13. The van der Waals surface area contributed by atoms with Crippen molar-refractivity contribution < 1.29 is 28.7 Å². The second-order valence-electron chi connectivity index (χ2n) is 8.81. The smallest absolute Gasteiger partial charge is 0.224 e. The second kappa shape index (κ2) is 13.0. The van der Waals surface area contributed by atoms with E-state index in [1.165, 1.54) is 14.2 Å². The first-order valence-electron chi connectivity index (χ1n) is 12.5. The Bertz CT molecular complexity index is 1420. The quantitative estimate of drug-likeness (QED) is 0.244. The van der Waals surface area contributed by atoms with Gasteiger partial charge < -0.3 is 20.1 Å². The zero-order valence-corrected chi connectivity index (χ0v) is 22.1. The van der Waals surface area contributed by atoms with Crippen molar-refractivity contribution in [1.82, 2.24) is 0 Å². The molecule has 8 heteroatoms. The fraction of sp³-hybridized carbons (Fsp3) is 0.125. The van der Waals surface area contributed by atoms with Crippen LogP contribution in [0, 0.1) is 0 Å². The number of nitrogens with one attached hydrogen (secondary N) is 2. The van der Waals surface area contributed by atoms with Crippen LogP contribution in [0.3, 0.4) is 0 Å². The second-order valence-corrected chi connectivity index (χ2v) is 8.81. The lowest BCUT2D eigenvalue weighted by molar-refractivity contribution is -0.121. The van der Waals surface area contributed by atoms with Gasteiger partial charge in [0.2, 0.25) is 11.8 Å². The van der Waals surface area contributed by atoms with Crippen LogP contribution >= 0.6 is 0 Å². The summed E-state index contributed by atoms with van der Waals surface area (Å²) in [7, 11) is 2.98. The summed E-state index contributed by atoms with van der Waals surface area (Å²) in [5, 5.41) is 5.46. The zero-order valence-electron chi connectivity index (χ0n) is 22.1. The molecule has 0 spiro atoms. The highest BCUT2D eigenvalue weighted by molar-refractivity contribution is 6.15. The highest BCUT2D eigenvalue weighted by Gasteiger charge is 2.19. The van der Waals surface area contributed by atoms with Crippen LogP contribution in [0.4, 0.5) is 11.4 Å². The Kier molecular flexibility index (Phi) is 9.04. The Hall–Kier alpha value is -5.24. The van der Waals surface area contributed by atoms with Crippen molar-refractivity contribution in [2.45, 2.75) is 12.8 Å². The van der Waals surface area contributed by atoms with Crippen LogP contribution in [-0.4, -0.2) is 37.6 Å². The average molecular weight is 537 g/mol. The average Bonchev–Trinajstić information content (AvgIpc) is 3.00. The van der Waals surface area contributed by atoms with Crippen molar-refractivity contribution in [3.05, 3.63) is 119 Å². The standard InChI is InChI=1S/C32H28N2O6/c1-39-23-13-15-27(25(19-23)31(37)21-9-5-3-6-10-21)33-29(35)17-18-30(36)34-28-16-14-24(40-2)20-26(28)32(38)22-11-7-4-8-12-22/h3-16,19-20H,17-18H2,1-2H3,(H,33,35)(H,34,36). The molecule has 0 saturated carbocycles. The molecule has 0 bridgehead atoms. The summed E-state index contributed by atoms with van der Waals surface area (Å²) >= 11 is 0. The lowest BCUT2D eigenvalue weighted by Crippen LogP contribution is -2.19. The molecular formula is C32H28N2O6. The van der Waals surface area contributed by atoms with Crippen molar-refractivity contribution >= 4 is 34.8 Å². The Morgan fingerprint density at radius 3 is 1.27 bits per heavy atom. The third-order valence-corrected chi connectivity index (χ3v) is 6.14. The van der Waals surface area contributed by atoms with Crippen LogP contribution in [0.2, 0.25) is 0 Å². The van der Waals surface area contributed by atoms with Gasteiger partial charge in [0.05, 0.1) is 25.6 Å². The van der Waals surface area contributed by atoms with Crippen molar-refractivity contribution in [3.63, 3.8) is 0 Å². The maximum Gasteiger partial charge on any atom is 0.224 e. The number of anilines is 2. The summed E-state index contributed by atoms with van der Waals surface area (Å²) in [6, 6.07) is 27.0. The number of rotatable bonds is 11. The van der Waals surface area contributed by atoms with E-state index >= 15 is 0 Å². The molecule has 2 N–H and O–H groups in total. The van der Waals surface area contributed by atoms with Gasteiger partial charge in [-0.3, -0.25) is 19.2 Å². The molecular weight excluding hydrogens is 508 g/mol. The molecule has 0 radical (unpaired) electrons. The first kappa shape index (κ1) is 27.8. The van der Waals surface area contributed by atoms with Crippen LogP contribution in [0.15, 0.2) is 97.1 Å². The Morgan fingerprint density at radius 1 is 0.550 bits per heavy atom. The van der Waals surface area contributed by atoms with Crippen molar-refractivity contribution in [3.8, 4) is 11.5 Å². The number of benzene rings is 4. The molecule has 0 unspecified atom stereocenters. The molecule has 0 atom stereocenters. The first-order valence-corrected chi connectivity index (χ1v) is 12.5. The summed E-state index contributed by atoms with van der Waals surface area (Å²) in [5.74, 6) is -0.505. The normalized spacial score (nSPS) is 10.3. The minimum atomic E-state index is -0.447. The topological polar surface area (TPSA) is 111 Å². The molecule has 0 heterocycles. The summed E-state index contributed by atoms with van der Waals surface area (Å²) in [6.45, 7) is 0. The first-order chi connectivity index (χ1) is 19.4. The summed E-state index contributed by atoms with van der Waals surface area (Å²) in [5.41, 5.74) is 2.09. The van der Waals surface area contributed by atoms with Gasteiger partial charge >= 0.3 is 0 Å². The van der Waals surface area contributed by atoms with E-state index in [4.69, 9.17) is 9.47 Å². The van der Waals surface area contributed by atoms with Gasteiger partial charge in [-0.15, -0.1) is 0 Å². The number of carbonyl (C=O) groups excluding carboxylic acids is 4. The molecule has 40 heavy (non-hydrogen) atoms. The van der Waals surface area contributed by atoms with Gasteiger partial charge in [-0.1, -0.05) is 60.7 Å². The highest BCUT2D eigenvalue weighted by Crippen LogP contribution is 2.27. The molecule has 4 aromatic rings. The Balaban J connectivity index is 1.44. The molecule has 4 aromatic carbocycles. The zero-order chi connectivity index (χ0) is 28.5. The Morgan fingerprint density at radius 2 is 0.925 bits per heavy atom. The molecule has 8 nitrogen and oxygen atoms in total. The largest absolute Gasteiger partial charge is 0.497 e. The SMILES string of the molecule is COc1ccc(NC(=O)CCC(=O)Nc2ccc(OC)cc2C(=O)c2ccccc2)c(C(=O)c2ccccc2)c1. The van der Waals surface area contributed by atoms with Crippen molar-refractivity contribution in [2.24, 2.45) is 0 Å². The van der Waals surface area contributed by atoms with Crippen molar-refractivity contribution in [1.29, 1.82) is 0 Å². The predicted octanol–water partition coefficient (Wildman–Crippen LogP) is 5.52. The van der Waals surface area contributed by atoms with Gasteiger partial charge in [0.1, 0.15) is 11.5 Å². The molecule has 0 saturated heterocycles. The Labute approximate surface area is 231 Å². The third kappa shape index (κ3) is 6.79. The monoisotopic (exact) mass is 536 g/mol. The highest BCUT2D eigenvalue weighted by atomic mass is 16.5. The minimum absolute atomic E-state index is 0.144. The van der Waals surface area contributed by atoms with Gasteiger partial charge in [-0.2, -0.15) is 0 Å². The molecule has 0 aromatic heterocycles. The van der Waals surface area contributed by atoms with Gasteiger partial charge in [0.25, 0.3) is 0 Å². The summed E-state index contributed by atoms with van der Waals surface area (Å²) < 4.78 is 10.5. The van der Waals surface area contributed by atoms with E-state index < -0.39 is 11.8 Å². The van der Waals surface area contributed by atoms with E-state index in [0.717, 1.165) is 0 Å². The maximum absolute atomic E-state index is 13.1. The van der Waals surface area contributed by atoms with Gasteiger partial charge in [0.15, 0.2) is 11.6 Å². The number of ketones is 2. The van der Waals surface area contributed by atoms with Crippen LogP contribution in [0.1, 0.15) is 44.7 Å². The van der Waals surface area contributed by atoms with Crippen molar-refractivity contribution in [2.75, 3.05) is 24.9 Å². The fourth-order valence-corrected chi connectivity index (χ4v) is 4.04. The number of ether oxygens (including phenoxy) is 2. The summed E-state index contributed by atoms with van der Waals surface area (Å²) in [4.78, 5) is 51.8. The van der Waals surface area contributed by atoms with Gasteiger partial charge in [-0.25, -0.2) is 0 Å². The number of hydrogen-bond donors (Lipinski definition) is 2. The van der Waals surface area contributed by atoms with E-state index in [1.54, 1.807) is 84.9 Å². The predicted molar refractivity (Wildman–Crippen MR) is 152 cm³/mol. The fourth-order valence-electron chi connectivity index (χ4n) is 4.04. The van der Waals surface area contributed by atoms with Gasteiger partial charge in [0, 0.05) is 35.1 Å². The summed E-state index contributed by atoms with van der Waals surface area (Å²) in [6.07, 6.45) is -0.288. The molecule has 0 aliphatic carbocycles. The van der Waals surface area contributed by atoms with E-state index in [0.29, 0.717) is 34.0 Å². The van der Waals surface area contributed by atoms with E-state index in [1.807, 2.05) is 12.1 Å². The molecule has 4 rings (SSSR count). The lowest BCUT2D eigenvalue weighted by atomic mass is 10.0. The van der Waals surface area contributed by atoms with Crippen LogP contribution in [-0.2, 0) is 9.59 Å². The molecule has 0 aliphatic rings. The van der Waals surface area contributed by atoms with Gasteiger partial charge in [-0.05, 0) is 36.4 Å². The van der Waals surface area contributed by atoms with Crippen LogP contribution in [0.5, 0.6) is 11.5 Å². The molecule has 0 aliphatic heterocycles. The van der Waals surface area contributed by atoms with E-state index in [-0.39, 0.29) is 35.5 Å². The molecule has 202 valence electrons. The third-order valence-electron chi connectivity index (χ3n) is 6.14.